The van der Waals surface area contributed by atoms with Crippen LogP contribution in [-0.4, -0.2) is 46.7 Å². The number of amides is 2. The van der Waals surface area contributed by atoms with Crippen LogP contribution in [0.5, 0.6) is 0 Å². The molecule has 2 aliphatic heterocycles. The largest absolute Gasteiger partial charge is 0.408 e. The van der Waals surface area contributed by atoms with E-state index in [1.54, 1.807) is 4.57 Å². The van der Waals surface area contributed by atoms with E-state index in [1.807, 2.05) is 37.3 Å². The van der Waals surface area contributed by atoms with E-state index in [-0.39, 0.29) is 42.8 Å². The summed E-state index contributed by atoms with van der Waals surface area (Å²) in [6, 6.07) is 8.93. The summed E-state index contributed by atoms with van der Waals surface area (Å²) >= 11 is 0. The van der Waals surface area contributed by atoms with Gasteiger partial charge in [-0.1, -0.05) is 37.3 Å². The molecule has 2 aromatic rings. The van der Waals surface area contributed by atoms with Crippen molar-refractivity contribution in [2.45, 2.75) is 57.6 Å². The summed E-state index contributed by atoms with van der Waals surface area (Å²) in [6.07, 6.45) is -3.62. The summed E-state index contributed by atoms with van der Waals surface area (Å²) in [4.78, 5) is 27.2. The third-order valence-corrected chi connectivity index (χ3v) is 6.18. The molecule has 4 rings (SSSR count). The van der Waals surface area contributed by atoms with Gasteiger partial charge >= 0.3 is 6.18 Å². The van der Waals surface area contributed by atoms with E-state index < -0.39 is 18.1 Å². The molecule has 1 saturated heterocycles. The first-order valence-corrected chi connectivity index (χ1v) is 10.8. The summed E-state index contributed by atoms with van der Waals surface area (Å²) < 4.78 is 47.4. The zero-order valence-electron chi connectivity index (χ0n) is 17.8. The zero-order valence-corrected chi connectivity index (χ0v) is 17.8. The number of ether oxygens (including phenoxy) is 1. The summed E-state index contributed by atoms with van der Waals surface area (Å²) in [6.45, 7) is 2.77. The van der Waals surface area contributed by atoms with Crippen molar-refractivity contribution in [1.29, 1.82) is 0 Å². The lowest BCUT2D eigenvalue weighted by Gasteiger charge is -2.27. The van der Waals surface area contributed by atoms with Crippen LogP contribution in [0.3, 0.4) is 0 Å². The van der Waals surface area contributed by atoms with Gasteiger partial charge in [-0.05, 0) is 30.9 Å². The van der Waals surface area contributed by atoms with E-state index in [9.17, 15) is 22.8 Å². The highest BCUT2D eigenvalue weighted by molar-refractivity contribution is 6.01. The van der Waals surface area contributed by atoms with Crippen molar-refractivity contribution >= 4 is 11.8 Å². The molecule has 1 unspecified atom stereocenters. The van der Waals surface area contributed by atoms with Crippen LogP contribution in [-0.2, 0) is 17.9 Å². The first kappa shape index (κ1) is 22.4. The second-order valence-electron chi connectivity index (χ2n) is 8.14. The molecule has 1 aromatic heterocycles. The van der Waals surface area contributed by atoms with Crippen LogP contribution in [0.1, 0.15) is 64.3 Å². The molecular formula is C23H26F3N3O3. The normalized spacial score (nSPS) is 19.5. The topological polar surface area (TPSA) is 63.6 Å². The number of rotatable bonds is 5. The highest BCUT2D eigenvalue weighted by Crippen LogP contribution is 2.34. The molecule has 2 atom stereocenters. The van der Waals surface area contributed by atoms with Crippen molar-refractivity contribution in [3.05, 3.63) is 58.9 Å². The predicted octanol–water partition coefficient (Wildman–Crippen LogP) is 4.07. The first-order valence-electron chi connectivity index (χ1n) is 10.8. The van der Waals surface area contributed by atoms with E-state index in [4.69, 9.17) is 4.74 Å². The fourth-order valence-electron chi connectivity index (χ4n) is 4.54. The molecule has 1 N–H and O–H groups in total. The number of nitrogens with zero attached hydrogens (tertiary/aromatic N) is 2. The zero-order chi connectivity index (χ0) is 22.9. The van der Waals surface area contributed by atoms with Crippen molar-refractivity contribution in [3.8, 4) is 0 Å². The van der Waals surface area contributed by atoms with Gasteiger partial charge in [0.25, 0.3) is 11.8 Å². The number of hydrogen-bond acceptors (Lipinski definition) is 3. The number of carbonyl (C=O) groups is 2. The quantitative estimate of drug-likeness (QED) is 0.749. The number of likely N-dealkylation sites (tertiary alicyclic amines) is 1. The van der Waals surface area contributed by atoms with E-state index in [2.05, 4.69) is 5.32 Å². The molecule has 1 aromatic carbocycles. The van der Waals surface area contributed by atoms with Gasteiger partial charge in [0.15, 0.2) is 0 Å². The van der Waals surface area contributed by atoms with Crippen LogP contribution in [0.15, 0.2) is 36.4 Å². The number of fused-ring (bicyclic) bond motifs is 1. The molecule has 0 radical (unpaired) electrons. The van der Waals surface area contributed by atoms with Crippen molar-refractivity contribution in [2.24, 2.45) is 0 Å². The smallest absolute Gasteiger partial charge is 0.373 e. The fraction of sp³-hybridized carbons (Fsp3) is 0.478. The van der Waals surface area contributed by atoms with Gasteiger partial charge in [-0.15, -0.1) is 0 Å². The number of halogens is 3. The second-order valence-corrected chi connectivity index (χ2v) is 8.14. The molecule has 32 heavy (non-hydrogen) atoms. The van der Waals surface area contributed by atoms with Crippen molar-refractivity contribution in [1.82, 2.24) is 14.8 Å². The van der Waals surface area contributed by atoms with Crippen molar-refractivity contribution in [3.63, 3.8) is 0 Å². The minimum atomic E-state index is -4.48. The minimum absolute atomic E-state index is 0.0491. The number of alkyl halides is 3. The molecule has 3 heterocycles. The number of benzene rings is 1. The molecule has 1 fully saturated rings. The Morgan fingerprint density at radius 2 is 1.97 bits per heavy atom. The van der Waals surface area contributed by atoms with Gasteiger partial charge in [0, 0.05) is 13.1 Å². The number of carbonyl (C=O) groups excluding carboxylic acids is 2. The molecule has 2 aliphatic rings. The Hall–Kier alpha value is -2.81. The van der Waals surface area contributed by atoms with Gasteiger partial charge < -0.3 is 19.5 Å². The molecule has 0 saturated carbocycles. The second kappa shape index (κ2) is 8.97. The third kappa shape index (κ3) is 4.26. The molecule has 0 bridgehead atoms. The number of aromatic nitrogens is 1. The molecular weight excluding hydrogens is 423 g/mol. The average Bonchev–Trinajstić information content (AvgIpc) is 3.43. The van der Waals surface area contributed by atoms with Crippen LogP contribution in [0.4, 0.5) is 13.2 Å². The Balaban J connectivity index is 1.63. The van der Waals surface area contributed by atoms with Crippen LogP contribution < -0.4 is 5.32 Å². The van der Waals surface area contributed by atoms with Gasteiger partial charge in [-0.2, -0.15) is 13.2 Å². The first-order chi connectivity index (χ1) is 15.3. The summed E-state index contributed by atoms with van der Waals surface area (Å²) in [5, 5.41) is 2.99. The predicted molar refractivity (Wildman–Crippen MR) is 111 cm³/mol. The van der Waals surface area contributed by atoms with Gasteiger partial charge in [0.05, 0.1) is 30.5 Å². The summed E-state index contributed by atoms with van der Waals surface area (Å²) in [7, 11) is 0. The van der Waals surface area contributed by atoms with E-state index >= 15 is 0 Å². The molecule has 9 heteroatoms. The standard InChI is InChI=1S/C23H26F3N3O3/c1-2-17(15-7-4-3-5-8-15)27-21(30)16-13-18(28-11-12-32-14-19(16)28)22(31)29-10-6-9-20(29)23(24,25)26/h3-5,7-8,13,17,20H,2,6,9-12,14H2,1H3,(H,27,30)/t17-,20?/m1/s1. The minimum Gasteiger partial charge on any atom is -0.373 e. The molecule has 6 nitrogen and oxygen atoms in total. The Morgan fingerprint density at radius 3 is 2.66 bits per heavy atom. The SMILES string of the molecule is CC[C@@H](NC(=O)c1cc(C(=O)N2CCCC2C(F)(F)F)n2c1COCC2)c1ccccc1. The number of nitrogens with one attached hydrogen (secondary N) is 1. The van der Waals surface area contributed by atoms with Gasteiger partial charge in [0.1, 0.15) is 11.7 Å². The molecule has 0 aliphatic carbocycles. The molecule has 172 valence electrons. The van der Waals surface area contributed by atoms with E-state index in [1.165, 1.54) is 6.07 Å². The molecule has 0 spiro atoms. The Labute approximate surface area is 184 Å². The Bertz CT molecular complexity index is 988. The maximum atomic E-state index is 13.4. The lowest BCUT2D eigenvalue weighted by molar-refractivity contribution is -0.169. The monoisotopic (exact) mass is 449 g/mol. The van der Waals surface area contributed by atoms with Gasteiger partial charge in [-0.25, -0.2) is 0 Å². The lowest BCUT2D eigenvalue weighted by atomic mass is 10.0. The highest BCUT2D eigenvalue weighted by atomic mass is 19.4. The summed E-state index contributed by atoms with van der Waals surface area (Å²) in [5.74, 6) is -1.06. The Morgan fingerprint density at radius 1 is 1.22 bits per heavy atom. The van der Waals surface area contributed by atoms with Crippen LogP contribution in [0, 0.1) is 0 Å². The van der Waals surface area contributed by atoms with Gasteiger partial charge in [0.2, 0.25) is 0 Å². The maximum Gasteiger partial charge on any atom is 0.408 e. The van der Waals surface area contributed by atoms with Crippen molar-refractivity contribution in [2.75, 3.05) is 13.2 Å². The van der Waals surface area contributed by atoms with E-state index in [0.29, 0.717) is 31.7 Å². The average molecular weight is 449 g/mol. The van der Waals surface area contributed by atoms with Crippen LogP contribution in [0.2, 0.25) is 0 Å². The lowest BCUT2D eigenvalue weighted by Crippen LogP contribution is -2.45. The summed E-state index contributed by atoms with van der Waals surface area (Å²) in [5.41, 5.74) is 1.85. The van der Waals surface area contributed by atoms with Crippen molar-refractivity contribution < 1.29 is 27.5 Å². The number of hydrogen-bond donors (Lipinski definition) is 1. The highest BCUT2D eigenvalue weighted by Gasteiger charge is 2.48. The van der Waals surface area contributed by atoms with Crippen LogP contribution >= 0.6 is 0 Å². The fourth-order valence-corrected chi connectivity index (χ4v) is 4.54. The third-order valence-electron chi connectivity index (χ3n) is 6.18. The molecule has 2 amide bonds. The van der Waals surface area contributed by atoms with Gasteiger partial charge in [-0.3, -0.25) is 9.59 Å². The maximum absolute atomic E-state index is 13.4. The Kier molecular flexibility index (Phi) is 6.28. The van der Waals surface area contributed by atoms with E-state index in [0.717, 1.165) is 10.5 Å². The van der Waals surface area contributed by atoms with Crippen LogP contribution in [0.25, 0.3) is 0 Å².